The number of rotatable bonds is 8. The molecule has 27 heavy (non-hydrogen) atoms. The van der Waals surface area contributed by atoms with Gasteiger partial charge in [0.2, 0.25) is 0 Å². The number of hydrogen-bond donors (Lipinski definition) is 3. The van der Waals surface area contributed by atoms with Gasteiger partial charge >= 0.3 is 0 Å². The lowest BCUT2D eigenvalue weighted by Crippen LogP contribution is -2.12. The Hall–Kier alpha value is -2.52. The van der Waals surface area contributed by atoms with Crippen molar-refractivity contribution in [1.82, 2.24) is 0 Å². The average Bonchev–Trinajstić information content (AvgIpc) is 2.63. The minimum absolute atomic E-state index is 0.0248. The molecule has 3 nitrogen and oxygen atoms in total. The molecule has 144 valence electrons. The van der Waals surface area contributed by atoms with Crippen molar-refractivity contribution in [3.63, 3.8) is 0 Å². The Bertz CT molecular complexity index is 815. The lowest BCUT2D eigenvalue weighted by Gasteiger charge is -2.18. The Kier molecular flexibility index (Phi) is 7.26. The average molecular weight is 367 g/mol. The number of aliphatic hydroxyl groups excluding tert-OH is 1. The van der Waals surface area contributed by atoms with Crippen LogP contribution in [0, 0.1) is 0 Å². The molecule has 0 amide bonds. The van der Waals surface area contributed by atoms with Gasteiger partial charge in [0.05, 0.1) is 6.10 Å². The van der Waals surface area contributed by atoms with E-state index in [1.165, 1.54) is 11.1 Å². The third-order valence-corrected chi connectivity index (χ3v) is 4.79. The second kappa shape index (κ2) is 9.43. The van der Waals surface area contributed by atoms with Crippen LogP contribution in [0.25, 0.3) is 0 Å². The third-order valence-electron chi connectivity index (χ3n) is 4.79. The van der Waals surface area contributed by atoms with Crippen molar-refractivity contribution >= 4 is 0 Å². The van der Waals surface area contributed by atoms with Gasteiger partial charge in [0.15, 0.2) is 0 Å². The first-order valence-electron chi connectivity index (χ1n) is 9.36. The molecular formula is C24H30O3. The van der Waals surface area contributed by atoms with Crippen LogP contribution in [-0.4, -0.2) is 21.4 Å². The molecule has 0 spiro atoms. The molecule has 0 aliphatic rings. The number of aliphatic hydroxyl groups is 1. The van der Waals surface area contributed by atoms with E-state index in [4.69, 9.17) is 0 Å². The molecule has 1 atom stereocenters. The minimum atomic E-state index is -0.798. The molecule has 0 saturated heterocycles. The zero-order chi connectivity index (χ0) is 20.0. The normalized spacial score (nSPS) is 11.9. The Labute approximate surface area is 162 Å². The molecule has 0 radical (unpaired) electrons. The van der Waals surface area contributed by atoms with Gasteiger partial charge in [-0.2, -0.15) is 0 Å². The summed E-state index contributed by atoms with van der Waals surface area (Å²) >= 11 is 0. The van der Waals surface area contributed by atoms with Gasteiger partial charge in [0.1, 0.15) is 11.5 Å². The van der Waals surface area contributed by atoms with Crippen LogP contribution in [-0.2, 0) is 25.7 Å². The molecule has 0 bridgehead atoms. The fourth-order valence-corrected chi connectivity index (χ4v) is 3.04. The summed E-state index contributed by atoms with van der Waals surface area (Å²) in [4.78, 5) is 0. The number of phenolic OH excluding ortho intramolecular Hbond substituents is 2. The topological polar surface area (TPSA) is 60.7 Å². The molecular weight excluding hydrogens is 336 g/mol. The summed E-state index contributed by atoms with van der Waals surface area (Å²) < 4.78 is 0. The van der Waals surface area contributed by atoms with Crippen LogP contribution >= 0.6 is 0 Å². The number of hydrogen-bond acceptors (Lipinski definition) is 3. The van der Waals surface area contributed by atoms with E-state index in [-0.39, 0.29) is 17.9 Å². The van der Waals surface area contributed by atoms with Crippen LogP contribution < -0.4 is 0 Å². The van der Waals surface area contributed by atoms with Crippen LogP contribution in [0.4, 0.5) is 0 Å². The van der Waals surface area contributed by atoms with Gasteiger partial charge in [-0.3, -0.25) is 0 Å². The molecule has 2 rings (SSSR count). The minimum Gasteiger partial charge on any atom is -0.508 e. The van der Waals surface area contributed by atoms with Crippen molar-refractivity contribution in [2.45, 2.75) is 52.6 Å². The monoisotopic (exact) mass is 366 g/mol. The Morgan fingerprint density at radius 1 is 1.04 bits per heavy atom. The van der Waals surface area contributed by atoms with E-state index in [1.54, 1.807) is 13.0 Å². The number of benzene rings is 2. The van der Waals surface area contributed by atoms with Gasteiger partial charge < -0.3 is 15.3 Å². The standard InChI is InChI=1S/C24H30O3/c1-16(2)10-13-20-19(12-11-18-8-6-5-7-9-18)14-23(26)21(24(20)27)15-22(25)17(3)4/h5-10,14,22,25-27H,3,11-13,15H2,1-2,4H3/t22-/m1/s1. The fourth-order valence-electron chi connectivity index (χ4n) is 3.04. The number of aryl methyl sites for hydroxylation is 2. The Balaban J connectivity index is 2.39. The Morgan fingerprint density at radius 2 is 1.70 bits per heavy atom. The molecule has 2 aromatic carbocycles. The van der Waals surface area contributed by atoms with E-state index >= 15 is 0 Å². The van der Waals surface area contributed by atoms with Crippen LogP contribution in [0.1, 0.15) is 43.0 Å². The van der Waals surface area contributed by atoms with Crippen molar-refractivity contribution in [2.75, 3.05) is 0 Å². The second-order valence-corrected chi connectivity index (χ2v) is 7.40. The zero-order valence-electron chi connectivity index (χ0n) is 16.5. The van der Waals surface area contributed by atoms with Crippen LogP contribution in [0.2, 0.25) is 0 Å². The summed E-state index contributed by atoms with van der Waals surface area (Å²) in [5, 5.41) is 31.5. The van der Waals surface area contributed by atoms with Gasteiger partial charge in [0, 0.05) is 17.5 Å². The predicted molar refractivity (Wildman–Crippen MR) is 111 cm³/mol. The molecule has 3 heteroatoms. The number of phenols is 2. The van der Waals surface area contributed by atoms with Crippen LogP contribution in [0.5, 0.6) is 11.5 Å². The molecule has 2 aromatic rings. The lowest BCUT2D eigenvalue weighted by molar-refractivity contribution is 0.209. The van der Waals surface area contributed by atoms with Crippen molar-refractivity contribution in [3.05, 3.63) is 82.5 Å². The summed E-state index contributed by atoms with van der Waals surface area (Å²) in [6, 6.07) is 11.9. The van der Waals surface area contributed by atoms with Crippen molar-refractivity contribution in [2.24, 2.45) is 0 Å². The predicted octanol–water partition coefficient (Wildman–Crippen LogP) is 4.87. The van der Waals surface area contributed by atoms with Gasteiger partial charge in [-0.25, -0.2) is 0 Å². The molecule has 0 heterocycles. The highest BCUT2D eigenvalue weighted by molar-refractivity contribution is 5.54. The summed E-state index contributed by atoms with van der Waals surface area (Å²) in [6.45, 7) is 9.52. The van der Waals surface area contributed by atoms with Crippen molar-refractivity contribution in [1.29, 1.82) is 0 Å². The summed E-state index contributed by atoms with van der Waals surface area (Å²) in [5.41, 5.74) is 5.11. The van der Waals surface area contributed by atoms with E-state index < -0.39 is 6.10 Å². The maximum Gasteiger partial charge on any atom is 0.126 e. The molecule has 0 saturated carbocycles. The second-order valence-electron chi connectivity index (χ2n) is 7.40. The number of aromatic hydroxyl groups is 2. The van der Waals surface area contributed by atoms with E-state index in [2.05, 4.69) is 24.8 Å². The van der Waals surface area contributed by atoms with Gasteiger partial charge in [-0.05, 0) is 57.2 Å². The molecule has 0 fully saturated rings. The molecule has 0 unspecified atom stereocenters. The van der Waals surface area contributed by atoms with Gasteiger partial charge in [0.25, 0.3) is 0 Å². The molecule has 0 aliphatic carbocycles. The summed E-state index contributed by atoms with van der Waals surface area (Å²) in [5.74, 6) is 0.104. The lowest BCUT2D eigenvalue weighted by atomic mass is 9.91. The fraction of sp³-hybridized carbons (Fsp3) is 0.333. The van der Waals surface area contributed by atoms with Crippen LogP contribution in [0.15, 0.2) is 60.2 Å². The van der Waals surface area contributed by atoms with Crippen LogP contribution in [0.3, 0.4) is 0 Å². The van der Waals surface area contributed by atoms with Gasteiger partial charge in [-0.15, -0.1) is 0 Å². The van der Waals surface area contributed by atoms with E-state index in [1.807, 2.05) is 32.0 Å². The number of allylic oxidation sites excluding steroid dienone is 2. The molecule has 0 aliphatic heterocycles. The SMILES string of the molecule is C=C(C)[C@H](O)Cc1c(O)cc(CCc2ccccc2)c(CC=C(C)C)c1O. The highest BCUT2D eigenvalue weighted by Gasteiger charge is 2.19. The maximum absolute atomic E-state index is 10.9. The molecule has 3 N–H and O–H groups in total. The molecule has 0 aromatic heterocycles. The first kappa shape index (κ1) is 20.8. The Morgan fingerprint density at radius 3 is 2.30 bits per heavy atom. The van der Waals surface area contributed by atoms with E-state index in [0.717, 1.165) is 24.0 Å². The first-order valence-corrected chi connectivity index (χ1v) is 9.36. The van der Waals surface area contributed by atoms with Crippen molar-refractivity contribution < 1.29 is 15.3 Å². The highest BCUT2D eigenvalue weighted by Crippen LogP contribution is 2.36. The largest absolute Gasteiger partial charge is 0.508 e. The third kappa shape index (κ3) is 5.73. The highest BCUT2D eigenvalue weighted by atomic mass is 16.3. The first-order chi connectivity index (χ1) is 12.8. The van der Waals surface area contributed by atoms with Gasteiger partial charge in [-0.1, -0.05) is 54.1 Å². The van der Waals surface area contributed by atoms with Crippen molar-refractivity contribution in [3.8, 4) is 11.5 Å². The summed E-state index contributed by atoms with van der Waals surface area (Å²) in [7, 11) is 0. The quantitative estimate of drug-likeness (QED) is 0.584. The van der Waals surface area contributed by atoms with E-state index in [0.29, 0.717) is 17.6 Å². The summed E-state index contributed by atoms with van der Waals surface area (Å²) in [6.07, 6.45) is 3.56. The zero-order valence-corrected chi connectivity index (χ0v) is 16.5. The van der Waals surface area contributed by atoms with E-state index in [9.17, 15) is 15.3 Å². The smallest absolute Gasteiger partial charge is 0.126 e. The maximum atomic E-state index is 10.9.